The van der Waals surface area contributed by atoms with E-state index in [1.54, 1.807) is 6.92 Å². The van der Waals surface area contributed by atoms with Crippen molar-refractivity contribution in [3.63, 3.8) is 0 Å². The number of nitrogens with zero attached hydrogens (tertiary/aromatic N) is 2. The molecule has 2 amide bonds. The third-order valence-electron chi connectivity index (χ3n) is 17.0. The van der Waals surface area contributed by atoms with Crippen LogP contribution in [0.15, 0.2) is 107 Å². The maximum atomic E-state index is 14.7. The Labute approximate surface area is 494 Å². The summed E-state index contributed by atoms with van der Waals surface area (Å²) < 4.78 is 317. The van der Waals surface area contributed by atoms with Crippen molar-refractivity contribution in [2.45, 2.75) is 101 Å². The van der Waals surface area contributed by atoms with E-state index in [2.05, 4.69) is 5.32 Å². The molecule has 14 nitrogen and oxygen atoms in total. The van der Waals surface area contributed by atoms with Gasteiger partial charge in [0.2, 0.25) is 11.8 Å². The first-order valence-electron chi connectivity index (χ1n) is 26.5. The Bertz CT molecular complexity index is 3650. The standard InChI is InChI=1S/C28H30F8N2O5S2.C26H25F8NO6S2/c1-2-37-17-24(12-15-44(40,41)16-13-24)23(39)38-14-11-25(18-38,45(42,43)22-9-7-21(29)8-10-22)19-3-5-20(6-4-19)26(30,27(31,32)33)28(34,35)36;27-19-5-7-20(8-6-19)43(40,41)23(17-1-3-18(4-2-17)24(28,25(29,30)31)26(32,33)34)9-12-35(15-23)21(37)22(16-36)10-13-42(38,39)14-11-22/h3-10,37H,2,11-18H2,1H3;1-8,36H,9-16H2/t25-;23-/m00/s1. The third kappa shape index (κ3) is 12.4. The molecule has 4 aliphatic heterocycles. The van der Waals surface area contributed by atoms with E-state index in [9.17, 15) is 119 Å². The van der Waals surface area contributed by atoms with Crippen LogP contribution >= 0.6 is 0 Å². The molecule has 88 heavy (non-hydrogen) atoms. The summed E-state index contributed by atoms with van der Waals surface area (Å²) in [5, 5.41) is 13.1. The van der Waals surface area contributed by atoms with Crippen molar-refractivity contribution in [3.8, 4) is 0 Å². The lowest BCUT2D eigenvalue weighted by Gasteiger charge is -2.39. The molecular weight excluding hydrogens is 1300 g/mol. The minimum absolute atomic E-state index is 0.0580. The van der Waals surface area contributed by atoms with Gasteiger partial charge in [-0.25, -0.2) is 51.2 Å². The molecule has 0 bridgehead atoms. The van der Waals surface area contributed by atoms with E-state index in [0.717, 1.165) is 53.4 Å². The van der Waals surface area contributed by atoms with Crippen molar-refractivity contribution in [2.24, 2.45) is 10.8 Å². The smallest absolute Gasteiger partial charge is 0.395 e. The molecule has 2 N–H and O–H groups in total. The Hall–Kier alpha value is -5.58. The van der Waals surface area contributed by atoms with Gasteiger partial charge in [0.25, 0.3) is 0 Å². The number of benzene rings is 4. The van der Waals surface area contributed by atoms with Crippen LogP contribution in [-0.4, -0.2) is 154 Å². The molecule has 0 unspecified atom stereocenters. The van der Waals surface area contributed by atoms with E-state index in [1.165, 1.54) is 4.90 Å². The van der Waals surface area contributed by atoms with Crippen molar-refractivity contribution in [3.05, 3.63) is 131 Å². The van der Waals surface area contributed by atoms with E-state index in [1.807, 2.05) is 0 Å². The molecule has 4 fully saturated rings. The van der Waals surface area contributed by atoms with Crippen molar-refractivity contribution < 1.29 is 119 Å². The van der Waals surface area contributed by atoms with Crippen molar-refractivity contribution in [1.82, 2.24) is 15.1 Å². The largest absolute Gasteiger partial charge is 0.435 e. The molecule has 488 valence electrons. The predicted molar refractivity (Wildman–Crippen MR) is 282 cm³/mol. The van der Waals surface area contributed by atoms with Gasteiger partial charge < -0.3 is 20.2 Å². The molecule has 4 saturated heterocycles. The summed E-state index contributed by atoms with van der Waals surface area (Å²) in [5.74, 6) is -4.36. The van der Waals surface area contributed by atoms with Gasteiger partial charge in [-0.1, -0.05) is 55.5 Å². The molecule has 4 aromatic rings. The van der Waals surface area contributed by atoms with Gasteiger partial charge in [0.15, 0.2) is 19.7 Å². The molecule has 2 atom stereocenters. The van der Waals surface area contributed by atoms with E-state index < -0.39 is 178 Å². The highest BCUT2D eigenvalue weighted by Gasteiger charge is 2.75. The van der Waals surface area contributed by atoms with Crippen LogP contribution in [0.1, 0.15) is 67.7 Å². The molecule has 0 radical (unpaired) electrons. The lowest BCUT2D eigenvalue weighted by atomic mass is 9.80. The Balaban J connectivity index is 0.000000251. The van der Waals surface area contributed by atoms with Crippen LogP contribution in [0.4, 0.5) is 70.2 Å². The second-order valence-electron chi connectivity index (χ2n) is 22.1. The first kappa shape index (κ1) is 69.9. The van der Waals surface area contributed by atoms with Crippen molar-refractivity contribution >= 4 is 51.2 Å². The minimum Gasteiger partial charge on any atom is -0.395 e. The van der Waals surface area contributed by atoms with Crippen LogP contribution in [0, 0.1) is 22.5 Å². The maximum Gasteiger partial charge on any atom is 0.435 e. The summed E-state index contributed by atoms with van der Waals surface area (Å²) in [6, 6.07) is 10.2. The first-order chi connectivity index (χ1) is 40.3. The number of rotatable bonds is 14. The number of sulfone groups is 4. The summed E-state index contributed by atoms with van der Waals surface area (Å²) in [6.07, 6.45) is -27.0. The number of halogens is 16. The molecule has 0 aromatic heterocycles. The van der Waals surface area contributed by atoms with Gasteiger partial charge in [-0.3, -0.25) is 9.59 Å². The lowest BCUT2D eigenvalue weighted by molar-refractivity contribution is -0.349. The Morgan fingerprint density at radius 3 is 1.07 bits per heavy atom. The molecule has 4 heterocycles. The van der Waals surface area contributed by atoms with Gasteiger partial charge in [0.05, 0.1) is 50.2 Å². The van der Waals surface area contributed by atoms with Crippen LogP contribution in [0.25, 0.3) is 0 Å². The van der Waals surface area contributed by atoms with E-state index >= 15 is 0 Å². The van der Waals surface area contributed by atoms with Gasteiger partial charge in [0, 0.05) is 43.9 Å². The number of aliphatic hydroxyl groups is 1. The highest BCUT2D eigenvalue weighted by molar-refractivity contribution is 7.93. The van der Waals surface area contributed by atoms with Crippen LogP contribution in [0.2, 0.25) is 0 Å². The molecule has 0 aliphatic carbocycles. The normalized spacial score (nSPS) is 22.6. The number of likely N-dealkylation sites (tertiary alicyclic amines) is 2. The second-order valence-corrected chi connectivity index (χ2v) is 31.2. The SMILES string of the molecule is CCNCC1(C(=O)N2CC[C@](c3ccc(C(F)(C(F)(F)F)C(F)(F)F)cc3)(S(=O)(=O)c3ccc(F)cc3)C2)CCS(=O)(=O)CC1.O=C(N1CC[C@](c2ccc(C(F)(C(F)(F)F)C(F)(F)F)cc2)(S(=O)(=O)c2ccc(F)cc2)C1)C1(CO)CCS(=O)(=O)CC1. The summed E-state index contributed by atoms with van der Waals surface area (Å²) in [6.45, 7) is -0.326. The van der Waals surface area contributed by atoms with E-state index in [0.29, 0.717) is 30.8 Å². The number of alkyl halides is 14. The fourth-order valence-corrected chi connectivity index (χ4v) is 19.0. The second kappa shape index (κ2) is 23.9. The van der Waals surface area contributed by atoms with Gasteiger partial charge in [-0.05, 0) is 105 Å². The summed E-state index contributed by atoms with van der Waals surface area (Å²) in [7, 11) is -16.2. The number of amides is 2. The molecule has 4 aromatic carbocycles. The highest BCUT2D eigenvalue weighted by atomic mass is 32.2. The highest BCUT2D eigenvalue weighted by Crippen LogP contribution is 2.56. The summed E-state index contributed by atoms with van der Waals surface area (Å²) >= 11 is 0. The Morgan fingerprint density at radius 1 is 0.489 bits per heavy atom. The average Bonchev–Trinajstić information content (AvgIpc) is 1.41. The summed E-state index contributed by atoms with van der Waals surface area (Å²) in [4.78, 5) is 29.0. The van der Waals surface area contributed by atoms with Crippen LogP contribution in [-0.2, 0) is 69.8 Å². The molecule has 0 spiro atoms. The zero-order valence-electron chi connectivity index (χ0n) is 45.9. The van der Waals surface area contributed by atoms with Gasteiger partial charge in [-0.2, -0.15) is 52.7 Å². The fraction of sp³-hybridized carbons (Fsp3) is 0.519. The zero-order valence-corrected chi connectivity index (χ0v) is 49.1. The van der Waals surface area contributed by atoms with Gasteiger partial charge >= 0.3 is 36.0 Å². The zero-order chi connectivity index (χ0) is 66.0. The first-order valence-corrected chi connectivity index (χ1v) is 33.1. The van der Waals surface area contributed by atoms with Crippen molar-refractivity contribution in [2.75, 3.05) is 68.9 Å². The molecule has 34 heteroatoms. The predicted octanol–water partition coefficient (Wildman–Crippen LogP) is 9.03. The number of nitrogens with one attached hydrogen (secondary N) is 1. The number of aliphatic hydroxyl groups excluding tert-OH is 1. The molecule has 0 saturated carbocycles. The molecule has 8 rings (SSSR count). The number of carbonyl (C=O) groups excluding carboxylic acids is 2. The van der Waals surface area contributed by atoms with Crippen LogP contribution in [0.3, 0.4) is 0 Å². The van der Waals surface area contributed by atoms with Gasteiger partial charge in [0.1, 0.15) is 40.8 Å². The minimum atomic E-state index is -6.41. The van der Waals surface area contributed by atoms with Gasteiger partial charge in [-0.15, -0.1) is 0 Å². The monoisotopic (exact) mass is 1350 g/mol. The van der Waals surface area contributed by atoms with Crippen molar-refractivity contribution in [1.29, 1.82) is 0 Å². The maximum absolute atomic E-state index is 14.7. The van der Waals surface area contributed by atoms with Crippen LogP contribution < -0.4 is 5.32 Å². The number of carbonyl (C=O) groups is 2. The molecule has 4 aliphatic rings. The summed E-state index contributed by atoms with van der Waals surface area (Å²) in [5.41, 5.74) is -18.7. The van der Waals surface area contributed by atoms with Crippen LogP contribution in [0.5, 0.6) is 0 Å². The number of hydrogen-bond acceptors (Lipinski definition) is 12. The lowest BCUT2D eigenvalue weighted by Crippen LogP contribution is -2.53. The fourth-order valence-electron chi connectivity index (χ4n) is 11.6. The third-order valence-corrected chi connectivity index (χ3v) is 25.3. The topological polar surface area (TPSA) is 209 Å². The average molecular weight is 1350 g/mol. The Kier molecular flexibility index (Phi) is 19.0. The van der Waals surface area contributed by atoms with E-state index in [4.69, 9.17) is 0 Å². The Morgan fingerprint density at radius 2 is 0.784 bits per heavy atom. The molecular formula is C54H55F16N3O11S4. The van der Waals surface area contributed by atoms with E-state index in [-0.39, 0.29) is 98.6 Å². The quantitative estimate of drug-likeness (QED) is 0.0895. The number of hydrogen-bond donors (Lipinski definition) is 2.